The summed E-state index contributed by atoms with van der Waals surface area (Å²) < 4.78 is 0. The summed E-state index contributed by atoms with van der Waals surface area (Å²) in [5.41, 5.74) is 4.04. The van der Waals surface area contributed by atoms with Crippen molar-refractivity contribution in [2.24, 2.45) is 5.92 Å². The second-order valence-corrected chi connectivity index (χ2v) is 7.04. The minimum absolute atomic E-state index is 0.0147. The number of piperidine rings is 1. The van der Waals surface area contributed by atoms with E-state index < -0.39 is 0 Å². The van der Waals surface area contributed by atoms with Crippen LogP contribution in [-0.4, -0.2) is 33.9 Å². The van der Waals surface area contributed by atoms with E-state index in [1.54, 1.807) is 12.4 Å². The summed E-state index contributed by atoms with van der Waals surface area (Å²) >= 11 is 0. The maximum atomic E-state index is 12.6. The number of benzene rings is 1. The highest BCUT2D eigenvalue weighted by molar-refractivity contribution is 5.92. The highest BCUT2D eigenvalue weighted by atomic mass is 16.2. The Hall–Kier alpha value is -2.43. The summed E-state index contributed by atoms with van der Waals surface area (Å²) in [7, 11) is 0. The van der Waals surface area contributed by atoms with Gasteiger partial charge in [-0.25, -0.2) is 9.97 Å². The topological polar surface area (TPSA) is 58.1 Å². The lowest BCUT2D eigenvalue weighted by Crippen LogP contribution is -2.38. The van der Waals surface area contributed by atoms with Gasteiger partial charge < -0.3 is 10.2 Å². The van der Waals surface area contributed by atoms with Gasteiger partial charge in [0, 0.05) is 18.8 Å². The number of nitrogens with zero attached hydrogens (tertiary/aromatic N) is 3. The number of likely N-dealkylation sites (tertiary alicyclic amines) is 1. The van der Waals surface area contributed by atoms with Gasteiger partial charge in [0.2, 0.25) is 0 Å². The molecule has 0 saturated carbocycles. The number of hydrogen-bond donors (Lipinski definition) is 1. The molecule has 1 saturated heterocycles. The van der Waals surface area contributed by atoms with Gasteiger partial charge in [-0.1, -0.05) is 39.0 Å². The lowest BCUT2D eigenvalue weighted by Gasteiger charge is -2.29. The van der Waals surface area contributed by atoms with Gasteiger partial charge in [-0.3, -0.25) is 4.79 Å². The van der Waals surface area contributed by atoms with Crippen LogP contribution in [0.2, 0.25) is 0 Å². The average Bonchev–Trinajstić information content (AvgIpc) is 2.68. The number of carbonyl (C=O) groups is 1. The van der Waals surface area contributed by atoms with E-state index in [0.29, 0.717) is 17.4 Å². The molecule has 0 atom stereocenters. The fraction of sp³-hybridized carbons (Fsp3) is 0.476. The minimum Gasteiger partial charge on any atom is -0.338 e. The fourth-order valence-corrected chi connectivity index (χ4v) is 3.41. The van der Waals surface area contributed by atoms with Crippen molar-refractivity contribution in [1.29, 1.82) is 0 Å². The maximum absolute atomic E-state index is 12.6. The Balaban J connectivity index is 1.73. The Labute approximate surface area is 155 Å². The zero-order valence-electron chi connectivity index (χ0n) is 16.0. The van der Waals surface area contributed by atoms with Gasteiger partial charge in [0.15, 0.2) is 0 Å². The molecule has 0 aliphatic carbocycles. The third kappa shape index (κ3) is 4.03. The largest absolute Gasteiger partial charge is 0.338 e. The van der Waals surface area contributed by atoms with E-state index in [9.17, 15) is 4.79 Å². The van der Waals surface area contributed by atoms with Gasteiger partial charge in [-0.15, -0.1) is 0 Å². The number of hydrogen-bond acceptors (Lipinski definition) is 4. The first-order chi connectivity index (χ1) is 12.6. The molecule has 5 nitrogen and oxygen atoms in total. The van der Waals surface area contributed by atoms with Crippen LogP contribution in [0.1, 0.15) is 55.2 Å². The molecular formula is C21H28N4O. The number of carbonyl (C=O) groups excluding carboxylic acids is 1. The van der Waals surface area contributed by atoms with Crippen LogP contribution in [0.25, 0.3) is 0 Å². The normalized spacial score (nSPS) is 15.1. The monoisotopic (exact) mass is 352 g/mol. The van der Waals surface area contributed by atoms with Crippen LogP contribution in [-0.2, 0) is 12.8 Å². The van der Waals surface area contributed by atoms with E-state index >= 15 is 0 Å². The quantitative estimate of drug-likeness (QED) is 0.875. The van der Waals surface area contributed by atoms with Crippen molar-refractivity contribution in [3.63, 3.8) is 0 Å². The molecule has 1 aromatic heterocycles. The first kappa shape index (κ1) is 18.4. The molecule has 3 rings (SSSR count). The molecule has 2 aromatic rings. The van der Waals surface area contributed by atoms with Crippen molar-refractivity contribution in [1.82, 2.24) is 14.9 Å². The Kier molecular flexibility index (Phi) is 5.86. The molecule has 0 bridgehead atoms. The van der Waals surface area contributed by atoms with Crippen molar-refractivity contribution in [2.45, 2.75) is 46.5 Å². The Bertz CT molecular complexity index is 727. The van der Waals surface area contributed by atoms with E-state index in [1.165, 1.54) is 11.1 Å². The Morgan fingerprint density at radius 3 is 2.31 bits per heavy atom. The SMILES string of the molecule is CCc1cccc(CC)c1Nc1cnc(C(=O)N2CCC(C)CC2)cn1. The zero-order chi connectivity index (χ0) is 18.5. The minimum atomic E-state index is -0.0147. The number of nitrogens with one attached hydrogen (secondary N) is 1. The molecule has 0 radical (unpaired) electrons. The smallest absolute Gasteiger partial charge is 0.274 e. The van der Waals surface area contributed by atoms with Crippen LogP contribution in [0.4, 0.5) is 11.5 Å². The maximum Gasteiger partial charge on any atom is 0.274 e. The van der Waals surface area contributed by atoms with Crippen molar-refractivity contribution in [3.05, 3.63) is 47.4 Å². The summed E-state index contributed by atoms with van der Waals surface area (Å²) in [6, 6.07) is 6.35. The molecule has 138 valence electrons. The molecule has 2 heterocycles. The van der Waals surface area contributed by atoms with E-state index in [1.807, 2.05) is 4.90 Å². The predicted octanol–water partition coefficient (Wildman–Crippen LogP) is 4.22. The molecule has 0 spiro atoms. The molecule has 5 heteroatoms. The number of para-hydroxylation sites is 1. The average molecular weight is 352 g/mol. The van der Waals surface area contributed by atoms with Gasteiger partial charge in [-0.05, 0) is 42.7 Å². The lowest BCUT2D eigenvalue weighted by molar-refractivity contribution is 0.0691. The molecule has 0 unspecified atom stereocenters. The zero-order valence-corrected chi connectivity index (χ0v) is 16.0. The van der Waals surface area contributed by atoms with E-state index in [4.69, 9.17) is 0 Å². The first-order valence-corrected chi connectivity index (χ1v) is 9.61. The van der Waals surface area contributed by atoms with E-state index in [2.05, 4.69) is 54.3 Å². The number of aromatic nitrogens is 2. The van der Waals surface area contributed by atoms with Gasteiger partial charge in [0.05, 0.1) is 12.4 Å². The van der Waals surface area contributed by atoms with Gasteiger partial charge >= 0.3 is 0 Å². The summed E-state index contributed by atoms with van der Waals surface area (Å²) in [6.07, 6.45) is 7.27. The molecule has 1 aliphatic rings. The molecular weight excluding hydrogens is 324 g/mol. The second-order valence-electron chi connectivity index (χ2n) is 7.04. The number of aryl methyl sites for hydroxylation is 2. The van der Waals surface area contributed by atoms with Crippen LogP contribution < -0.4 is 5.32 Å². The number of anilines is 2. The van der Waals surface area contributed by atoms with Crippen molar-refractivity contribution in [3.8, 4) is 0 Å². The third-order valence-corrected chi connectivity index (χ3v) is 5.19. The van der Waals surface area contributed by atoms with Crippen molar-refractivity contribution in [2.75, 3.05) is 18.4 Å². The van der Waals surface area contributed by atoms with Crippen LogP contribution in [0, 0.1) is 5.92 Å². The molecule has 1 fully saturated rings. The summed E-state index contributed by atoms with van der Waals surface area (Å²) in [6.45, 7) is 8.15. The van der Waals surface area contributed by atoms with E-state index in [0.717, 1.165) is 44.5 Å². The predicted molar refractivity (Wildman–Crippen MR) is 105 cm³/mol. The van der Waals surface area contributed by atoms with Crippen LogP contribution >= 0.6 is 0 Å². The fourth-order valence-electron chi connectivity index (χ4n) is 3.41. The highest BCUT2D eigenvalue weighted by Gasteiger charge is 2.22. The first-order valence-electron chi connectivity index (χ1n) is 9.61. The highest BCUT2D eigenvalue weighted by Crippen LogP contribution is 2.25. The van der Waals surface area contributed by atoms with E-state index in [-0.39, 0.29) is 5.91 Å². The van der Waals surface area contributed by atoms with Crippen molar-refractivity contribution >= 4 is 17.4 Å². The van der Waals surface area contributed by atoms with Crippen LogP contribution in [0.15, 0.2) is 30.6 Å². The third-order valence-electron chi connectivity index (χ3n) is 5.19. The standard InChI is InChI=1S/C21H28N4O/c1-4-16-7-6-8-17(5-2)20(16)24-19-14-22-18(13-23-19)21(26)25-11-9-15(3)10-12-25/h6-8,13-15H,4-5,9-12H2,1-3H3,(H,23,24). The van der Waals surface area contributed by atoms with Gasteiger partial charge in [0.25, 0.3) is 5.91 Å². The van der Waals surface area contributed by atoms with Crippen LogP contribution in [0.5, 0.6) is 0 Å². The lowest BCUT2D eigenvalue weighted by atomic mass is 9.99. The number of rotatable bonds is 5. The summed E-state index contributed by atoms with van der Waals surface area (Å²) in [5, 5.41) is 3.40. The van der Waals surface area contributed by atoms with Crippen LogP contribution in [0.3, 0.4) is 0 Å². The Morgan fingerprint density at radius 1 is 1.12 bits per heavy atom. The Morgan fingerprint density at radius 2 is 1.77 bits per heavy atom. The van der Waals surface area contributed by atoms with Crippen molar-refractivity contribution < 1.29 is 4.79 Å². The molecule has 1 N–H and O–H groups in total. The summed E-state index contributed by atoms with van der Waals surface area (Å²) in [4.78, 5) is 23.3. The van der Waals surface area contributed by atoms with Gasteiger partial charge in [-0.2, -0.15) is 0 Å². The molecule has 1 aliphatic heterocycles. The second kappa shape index (κ2) is 8.30. The summed E-state index contributed by atoms with van der Waals surface area (Å²) in [5.74, 6) is 1.35. The molecule has 1 aromatic carbocycles. The number of amides is 1. The van der Waals surface area contributed by atoms with Gasteiger partial charge in [0.1, 0.15) is 11.5 Å². The molecule has 26 heavy (non-hydrogen) atoms. The molecule has 1 amide bonds.